The summed E-state index contributed by atoms with van der Waals surface area (Å²) in [7, 11) is 4.02. The van der Waals surface area contributed by atoms with Crippen LogP contribution in [0, 0.1) is 0 Å². The van der Waals surface area contributed by atoms with E-state index in [0.717, 1.165) is 61.5 Å². The Kier molecular flexibility index (Phi) is 5.73. The van der Waals surface area contributed by atoms with Crippen LogP contribution in [0.25, 0.3) is 0 Å². The topological polar surface area (TPSA) is 53.5 Å². The van der Waals surface area contributed by atoms with Crippen LogP contribution in [0.5, 0.6) is 5.75 Å². The van der Waals surface area contributed by atoms with Gasteiger partial charge in [0.1, 0.15) is 11.6 Å². The molecular formula is C21H26F3N5O. The van der Waals surface area contributed by atoms with E-state index >= 15 is 0 Å². The fourth-order valence-corrected chi connectivity index (χ4v) is 3.60. The minimum atomic E-state index is -4.69. The molecule has 1 aromatic heterocycles. The Bertz CT molecular complexity index is 899. The Labute approximate surface area is 174 Å². The summed E-state index contributed by atoms with van der Waals surface area (Å²) in [4.78, 5) is 13.6. The first-order valence-corrected chi connectivity index (χ1v) is 10.2. The molecule has 1 aliphatic heterocycles. The maximum absolute atomic E-state index is 12.6. The van der Waals surface area contributed by atoms with Crippen molar-refractivity contribution in [2.45, 2.75) is 38.1 Å². The molecule has 0 amide bonds. The van der Waals surface area contributed by atoms with Crippen molar-refractivity contribution >= 4 is 11.8 Å². The van der Waals surface area contributed by atoms with Gasteiger partial charge in [-0.3, -0.25) is 0 Å². The summed E-state index contributed by atoms with van der Waals surface area (Å²) < 4.78 is 41.8. The van der Waals surface area contributed by atoms with E-state index in [1.54, 1.807) is 6.07 Å². The Morgan fingerprint density at radius 3 is 2.67 bits per heavy atom. The monoisotopic (exact) mass is 421 g/mol. The van der Waals surface area contributed by atoms with E-state index in [4.69, 9.17) is 4.98 Å². The fourth-order valence-electron chi connectivity index (χ4n) is 3.60. The number of rotatable bonds is 7. The summed E-state index contributed by atoms with van der Waals surface area (Å²) in [5.74, 6) is 1.71. The van der Waals surface area contributed by atoms with Gasteiger partial charge in [0, 0.05) is 38.2 Å². The van der Waals surface area contributed by atoms with E-state index in [9.17, 15) is 13.2 Å². The molecule has 0 saturated heterocycles. The van der Waals surface area contributed by atoms with Gasteiger partial charge in [0.25, 0.3) is 0 Å². The van der Waals surface area contributed by atoms with Crippen molar-refractivity contribution in [2.24, 2.45) is 0 Å². The first-order chi connectivity index (χ1) is 14.3. The van der Waals surface area contributed by atoms with Crippen molar-refractivity contribution in [3.8, 4) is 5.75 Å². The molecule has 0 spiro atoms. The quantitative estimate of drug-likeness (QED) is 0.734. The molecule has 0 radical (unpaired) electrons. The lowest BCUT2D eigenvalue weighted by Gasteiger charge is -2.30. The highest BCUT2D eigenvalue weighted by Gasteiger charge is 2.32. The van der Waals surface area contributed by atoms with E-state index in [2.05, 4.69) is 24.8 Å². The molecule has 9 heteroatoms. The molecule has 0 atom stereocenters. The molecule has 1 N–H and O–H groups in total. The minimum absolute atomic E-state index is 0.185. The van der Waals surface area contributed by atoms with Crippen LogP contribution < -0.4 is 15.0 Å². The van der Waals surface area contributed by atoms with Gasteiger partial charge in [-0.2, -0.15) is 4.98 Å². The van der Waals surface area contributed by atoms with E-state index in [0.29, 0.717) is 18.4 Å². The van der Waals surface area contributed by atoms with Crippen LogP contribution in [0.15, 0.2) is 24.3 Å². The summed E-state index contributed by atoms with van der Waals surface area (Å²) in [6.45, 7) is 2.85. The third-order valence-electron chi connectivity index (χ3n) is 5.32. The molecule has 1 aromatic carbocycles. The first kappa shape index (κ1) is 20.7. The number of anilines is 2. The molecule has 2 aromatic rings. The molecule has 0 unspecified atom stereocenters. The third-order valence-corrected chi connectivity index (χ3v) is 5.32. The molecule has 1 aliphatic carbocycles. The predicted molar refractivity (Wildman–Crippen MR) is 109 cm³/mol. The van der Waals surface area contributed by atoms with Crippen molar-refractivity contribution in [3.05, 3.63) is 41.1 Å². The van der Waals surface area contributed by atoms with Crippen LogP contribution in [-0.4, -0.2) is 55.0 Å². The number of halogens is 3. The number of benzene rings is 1. The average Bonchev–Trinajstić information content (AvgIpc) is 3.51. The lowest BCUT2D eigenvalue weighted by molar-refractivity contribution is -0.274. The van der Waals surface area contributed by atoms with E-state index in [1.807, 2.05) is 20.2 Å². The molecule has 6 nitrogen and oxygen atoms in total. The van der Waals surface area contributed by atoms with Crippen LogP contribution in [0.4, 0.5) is 24.9 Å². The zero-order valence-electron chi connectivity index (χ0n) is 17.2. The molecule has 162 valence electrons. The highest BCUT2D eigenvalue weighted by molar-refractivity contribution is 5.50. The molecular weight excluding hydrogens is 395 g/mol. The lowest BCUT2D eigenvalue weighted by Crippen LogP contribution is -2.31. The minimum Gasteiger partial charge on any atom is -0.406 e. The molecule has 1 fully saturated rings. The lowest BCUT2D eigenvalue weighted by atomic mass is 9.99. The normalized spacial score (nSPS) is 16.5. The Hall–Kier alpha value is -2.55. The zero-order chi connectivity index (χ0) is 21.3. The zero-order valence-corrected chi connectivity index (χ0v) is 17.2. The number of fused-ring (bicyclic) bond motifs is 1. The van der Waals surface area contributed by atoms with E-state index in [1.165, 1.54) is 12.1 Å². The van der Waals surface area contributed by atoms with Gasteiger partial charge >= 0.3 is 6.36 Å². The summed E-state index contributed by atoms with van der Waals surface area (Å²) >= 11 is 0. The van der Waals surface area contributed by atoms with Crippen molar-refractivity contribution in [3.63, 3.8) is 0 Å². The second kappa shape index (κ2) is 8.29. The number of nitrogens with zero attached hydrogens (tertiary/aromatic N) is 4. The second-order valence-electron chi connectivity index (χ2n) is 8.13. The van der Waals surface area contributed by atoms with Crippen LogP contribution in [-0.2, 0) is 13.0 Å². The third kappa shape index (κ3) is 5.33. The number of likely N-dealkylation sites (N-methyl/N-ethyl adjacent to an activating group) is 1. The summed E-state index contributed by atoms with van der Waals surface area (Å²) in [6, 6.07) is 6.60. The first-order valence-electron chi connectivity index (χ1n) is 10.2. The molecule has 2 heterocycles. The van der Waals surface area contributed by atoms with E-state index < -0.39 is 6.36 Å². The average molecular weight is 421 g/mol. The standard InChI is InChI=1S/C21H26F3N5O/c1-28(2)10-8-25-20-26-18(15-3-4-15)12-19(27-20)29-9-7-14-5-6-17(11-16(14)13-29)30-21(22,23)24/h5-6,11-12,15H,3-4,7-10,13H2,1-2H3,(H,25,26,27). The predicted octanol–water partition coefficient (Wildman–Crippen LogP) is 3.79. The van der Waals surface area contributed by atoms with Gasteiger partial charge < -0.3 is 19.9 Å². The molecule has 30 heavy (non-hydrogen) atoms. The number of ether oxygens (including phenoxy) is 1. The SMILES string of the molecule is CN(C)CCNc1nc(C2CC2)cc(N2CCc3ccc(OC(F)(F)F)cc3C2)n1. The van der Waals surface area contributed by atoms with Crippen LogP contribution in [0.1, 0.15) is 35.6 Å². The van der Waals surface area contributed by atoms with Crippen molar-refractivity contribution in [1.82, 2.24) is 14.9 Å². The Morgan fingerprint density at radius 2 is 1.97 bits per heavy atom. The van der Waals surface area contributed by atoms with Gasteiger partial charge in [0.15, 0.2) is 0 Å². The van der Waals surface area contributed by atoms with Crippen LogP contribution in [0.2, 0.25) is 0 Å². The maximum atomic E-state index is 12.6. The van der Waals surface area contributed by atoms with Gasteiger partial charge in [0.2, 0.25) is 5.95 Å². The number of hydrogen-bond donors (Lipinski definition) is 1. The molecule has 4 rings (SSSR count). The highest BCUT2D eigenvalue weighted by atomic mass is 19.4. The number of alkyl halides is 3. The summed E-state index contributed by atoms with van der Waals surface area (Å²) in [5, 5.41) is 3.30. The number of hydrogen-bond acceptors (Lipinski definition) is 6. The summed E-state index contributed by atoms with van der Waals surface area (Å²) in [5.41, 5.74) is 2.91. The number of nitrogens with one attached hydrogen (secondary N) is 1. The number of aromatic nitrogens is 2. The van der Waals surface area contributed by atoms with Gasteiger partial charge in [-0.25, -0.2) is 4.98 Å². The molecule has 0 bridgehead atoms. The molecule has 2 aliphatic rings. The summed E-state index contributed by atoms with van der Waals surface area (Å²) in [6.07, 6.45) is -1.68. The highest BCUT2D eigenvalue weighted by Crippen LogP contribution is 2.40. The largest absolute Gasteiger partial charge is 0.573 e. The van der Waals surface area contributed by atoms with Crippen LogP contribution in [0.3, 0.4) is 0 Å². The maximum Gasteiger partial charge on any atom is 0.573 e. The van der Waals surface area contributed by atoms with Gasteiger partial charge in [0.05, 0.1) is 5.69 Å². The van der Waals surface area contributed by atoms with Crippen molar-refractivity contribution in [1.29, 1.82) is 0 Å². The molecule has 1 saturated carbocycles. The Morgan fingerprint density at radius 1 is 1.17 bits per heavy atom. The van der Waals surface area contributed by atoms with Crippen LogP contribution >= 0.6 is 0 Å². The van der Waals surface area contributed by atoms with Crippen molar-refractivity contribution in [2.75, 3.05) is 43.9 Å². The van der Waals surface area contributed by atoms with Crippen molar-refractivity contribution < 1.29 is 17.9 Å². The second-order valence-corrected chi connectivity index (χ2v) is 8.13. The fraction of sp³-hybridized carbons (Fsp3) is 0.524. The van der Waals surface area contributed by atoms with Gasteiger partial charge in [-0.1, -0.05) is 6.07 Å². The van der Waals surface area contributed by atoms with E-state index in [-0.39, 0.29) is 5.75 Å². The van der Waals surface area contributed by atoms with Gasteiger partial charge in [-0.15, -0.1) is 13.2 Å². The Balaban J connectivity index is 1.54. The smallest absolute Gasteiger partial charge is 0.406 e. The van der Waals surface area contributed by atoms with Gasteiger partial charge in [-0.05, 0) is 56.6 Å².